The molecule has 5 heteroatoms. The fourth-order valence-electron chi connectivity index (χ4n) is 2.75. The molecule has 1 saturated heterocycles. The van der Waals surface area contributed by atoms with Crippen LogP contribution in [0.15, 0.2) is 30.6 Å². The molecule has 1 aliphatic heterocycles. The molecule has 0 aliphatic carbocycles. The number of amides is 1. The molecule has 114 valence electrons. The van der Waals surface area contributed by atoms with Gasteiger partial charge in [-0.2, -0.15) is 0 Å². The number of likely N-dealkylation sites (tertiary alicyclic amines) is 1. The molecule has 3 rings (SSSR count). The van der Waals surface area contributed by atoms with Crippen molar-refractivity contribution >= 4 is 5.91 Å². The van der Waals surface area contributed by atoms with Crippen LogP contribution in [0.3, 0.4) is 0 Å². The number of carbonyl (C=O) groups is 1. The second-order valence-electron chi connectivity index (χ2n) is 5.66. The van der Waals surface area contributed by atoms with Crippen LogP contribution < -0.4 is 0 Å². The fourth-order valence-corrected chi connectivity index (χ4v) is 2.75. The molecule has 1 aliphatic rings. The van der Waals surface area contributed by atoms with Crippen LogP contribution in [0, 0.1) is 12.7 Å². The van der Waals surface area contributed by atoms with Crippen molar-refractivity contribution in [2.75, 3.05) is 13.1 Å². The van der Waals surface area contributed by atoms with Crippen LogP contribution in [0.1, 0.15) is 35.3 Å². The van der Waals surface area contributed by atoms with E-state index in [2.05, 4.69) is 9.97 Å². The van der Waals surface area contributed by atoms with Crippen molar-refractivity contribution in [3.05, 3.63) is 47.7 Å². The molecule has 0 saturated carbocycles. The standard InChI is InChI=1S/C17H18FN3O/c1-12-7-13(9-14(18)8-12)15-10-19-11-16(20-15)17(22)21-5-3-2-4-6-21/h7-11H,2-6H2,1H3. The Bertz CT molecular complexity index is 676. The van der Waals surface area contributed by atoms with Crippen LogP contribution >= 0.6 is 0 Å². The van der Waals surface area contributed by atoms with Gasteiger partial charge < -0.3 is 4.90 Å². The molecule has 4 nitrogen and oxygen atoms in total. The van der Waals surface area contributed by atoms with Crippen molar-refractivity contribution in [2.45, 2.75) is 26.2 Å². The first kappa shape index (κ1) is 14.6. The Hall–Kier alpha value is -2.30. The SMILES string of the molecule is Cc1cc(F)cc(-c2cncc(C(=O)N3CCCCC3)n2)c1. The van der Waals surface area contributed by atoms with Gasteiger partial charge in [0.05, 0.1) is 18.1 Å². The van der Waals surface area contributed by atoms with Gasteiger partial charge in [-0.15, -0.1) is 0 Å². The summed E-state index contributed by atoms with van der Waals surface area (Å²) in [6.07, 6.45) is 6.26. The lowest BCUT2D eigenvalue weighted by Crippen LogP contribution is -2.36. The van der Waals surface area contributed by atoms with Crippen molar-refractivity contribution in [3.8, 4) is 11.3 Å². The van der Waals surface area contributed by atoms with Gasteiger partial charge >= 0.3 is 0 Å². The predicted octanol–water partition coefficient (Wildman–Crippen LogP) is 3.22. The average Bonchev–Trinajstić information content (AvgIpc) is 2.54. The Morgan fingerprint density at radius 1 is 1.14 bits per heavy atom. The lowest BCUT2D eigenvalue weighted by molar-refractivity contribution is 0.0718. The van der Waals surface area contributed by atoms with Crippen molar-refractivity contribution in [2.24, 2.45) is 0 Å². The van der Waals surface area contributed by atoms with Gasteiger partial charge in [-0.05, 0) is 49.9 Å². The van der Waals surface area contributed by atoms with E-state index in [1.165, 1.54) is 18.3 Å². The van der Waals surface area contributed by atoms with Crippen molar-refractivity contribution < 1.29 is 9.18 Å². The van der Waals surface area contributed by atoms with E-state index in [4.69, 9.17) is 0 Å². The maximum atomic E-state index is 13.5. The van der Waals surface area contributed by atoms with Crippen molar-refractivity contribution in [1.82, 2.24) is 14.9 Å². The number of hydrogen-bond acceptors (Lipinski definition) is 3. The third-order valence-corrected chi connectivity index (χ3v) is 3.83. The van der Waals surface area contributed by atoms with E-state index in [9.17, 15) is 9.18 Å². The van der Waals surface area contributed by atoms with Gasteiger partial charge in [0, 0.05) is 18.7 Å². The highest BCUT2D eigenvalue weighted by Crippen LogP contribution is 2.20. The maximum absolute atomic E-state index is 13.5. The van der Waals surface area contributed by atoms with Crippen LogP contribution in [0.5, 0.6) is 0 Å². The summed E-state index contributed by atoms with van der Waals surface area (Å²) in [5.74, 6) is -0.410. The summed E-state index contributed by atoms with van der Waals surface area (Å²) < 4.78 is 13.5. The quantitative estimate of drug-likeness (QED) is 0.855. The van der Waals surface area contributed by atoms with Crippen molar-refractivity contribution in [3.63, 3.8) is 0 Å². The summed E-state index contributed by atoms with van der Waals surface area (Å²) in [5, 5.41) is 0. The fraction of sp³-hybridized carbons (Fsp3) is 0.353. The predicted molar refractivity (Wildman–Crippen MR) is 81.9 cm³/mol. The van der Waals surface area contributed by atoms with E-state index in [1.807, 2.05) is 17.9 Å². The molecule has 0 radical (unpaired) electrons. The first-order chi connectivity index (χ1) is 10.6. The molecule has 2 aromatic rings. The number of benzene rings is 1. The highest BCUT2D eigenvalue weighted by molar-refractivity contribution is 5.92. The number of rotatable bonds is 2. The number of carbonyl (C=O) groups excluding carboxylic acids is 1. The Balaban J connectivity index is 1.90. The highest BCUT2D eigenvalue weighted by atomic mass is 19.1. The third kappa shape index (κ3) is 3.13. The molecular formula is C17H18FN3O. The molecule has 22 heavy (non-hydrogen) atoms. The Morgan fingerprint density at radius 2 is 1.91 bits per heavy atom. The van der Waals surface area contributed by atoms with E-state index < -0.39 is 0 Å². The number of nitrogens with zero attached hydrogens (tertiary/aromatic N) is 3. The van der Waals surface area contributed by atoms with E-state index in [0.717, 1.165) is 37.9 Å². The summed E-state index contributed by atoms with van der Waals surface area (Å²) in [4.78, 5) is 22.8. The molecule has 1 aromatic carbocycles. The molecule has 0 N–H and O–H groups in total. The van der Waals surface area contributed by atoms with Crippen LogP contribution in [0.4, 0.5) is 4.39 Å². The van der Waals surface area contributed by atoms with Gasteiger partial charge in [0.2, 0.25) is 0 Å². The Morgan fingerprint density at radius 3 is 2.64 bits per heavy atom. The Labute approximate surface area is 129 Å². The topological polar surface area (TPSA) is 46.1 Å². The first-order valence-electron chi connectivity index (χ1n) is 7.52. The van der Waals surface area contributed by atoms with E-state index in [1.54, 1.807) is 6.20 Å². The zero-order valence-corrected chi connectivity index (χ0v) is 12.6. The molecular weight excluding hydrogens is 281 g/mol. The average molecular weight is 299 g/mol. The van der Waals surface area contributed by atoms with Gasteiger partial charge in [-0.3, -0.25) is 9.78 Å². The maximum Gasteiger partial charge on any atom is 0.274 e. The second kappa shape index (κ2) is 6.22. The molecule has 2 heterocycles. The third-order valence-electron chi connectivity index (χ3n) is 3.83. The van der Waals surface area contributed by atoms with Gasteiger partial charge in [0.25, 0.3) is 5.91 Å². The molecule has 1 aromatic heterocycles. The summed E-state index contributed by atoms with van der Waals surface area (Å²) in [6.45, 7) is 3.36. The van der Waals surface area contributed by atoms with E-state index in [-0.39, 0.29) is 11.7 Å². The monoisotopic (exact) mass is 299 g/mol. The summed E-state index contributed by atoms with van der Waals surface area (Å²) in [6, 6.07) is 4.70. The van der Waals surface area contributed by atoms with Crippen LogP contribution in [0.2, 0.25) is 0 Å². The second-order valence-corrected chi connectivity index (χ2v) is 5.66. The molecule has 1 fully saturated rings. The molecule has 0 unspecified atom stereocenters. The van der Waals surface area contributed by atoms with Gasteiger partial charge in [-0.1, -0.05) is 0 Å². The smallest absolute Gasteiger partial charge is 0.274 e. The zero-order valence-electron chi connectivity index (χ0n) is 12.6. The number of hydrogen-bond donors (Lipinski definition) is 0. The highest BCUT2D eigenvalue weighted by Gasteiger charge is 2.20. The van der Waals surface area contributed by atoms with Gasteiger partial charge in [-0.25, -0.2) is 9.37 Å². The summed E-state index contributed by atoms with van der Waals surface area (Å²) >= 11 is 0. The van der Waals surface area contributed by atoms with Gasteiger partial charge in [0.1, 0.15) is 11.5 Å². The molecule has 0 atom stereocenters. The first-order valence-corrected chi connectivity index (χ1v) is 7.52. The largest absolute Gasteiger partial charge is 0.337 e. The van der Waals surface area contributed by atoms with Crippen LogP contribution in [-0.4, -0.2) is 33.9 Å². The number of piperidine rings is 1. The number of aromatic nitrogens is 2. The Kier molecular flexibility index (Phi) is 4.13. The molecule has 0 bridgehead atoms. The van der Waals surface area contributed by atoms with E-state index in [0.29, 0.717) is 17.0 Å². The molecule has 0 spiro atoms. The normalized spacial score (nSPS) is 14.9. The lowest BCUT2D eigenvalue weighted by Gasteiger charge is -2.26. The number of aryl methyl sites for hydroxylation is 1. The summed E-state index contributed by atoms with van der Waals surface area (Å²) in [5.41, 5.74) is 2.29. The minimum absolute atomic E-state index is 0.0952. The zero-order chi connectivity index (χ0) is 15.5. The van der Waals surface area contributed by atoms with E-state index >= 15 is 0 Å². The number of halogens is 1. The minimum atomic E-state index is -0.315. The van der Waals surface area contributed by atoms with Gasteiger partial charge in [0.15, 0.2) is 0 Å². The lowest BCUT2D eigenvalue weighted by atomic mass is 10.1. The molecule has 1 amide bonds. The summed E-state index contributed by atoms with van der Waals surface area (Å²) in [7, 11) is 0. The van der Waals surface area contributed by atoms with Crippen LogP contribution in [0.25, 0.3) is 11.3 Å². The van der Waals surface area contributed by atoms with Crippen LogP contribution in [-0.2, 0) is 0 Å². The minimum Gasteiger partial charge on any atom is -0.337 e. The van der Waals surface area contributed by atoms with Crippen molar-refractivity contribution in [1.29, 1.82) is 0 Å².